The molecule has 2 nitrogen and oxygen atoms in total. The van der Waals surface area contributed by atoms with Gasteiger partial charge in [-0.15, -0.1) is 0 Å². The summed E-state index contributed by atoms with van der Waals surface area (Å²) < 4.78 is 0. The van der Waals surface area contributed by atoms with Crippen LogP contribution < -0.4 is 6.15 Å². The molecule has 3 heteroatoms. The van der Waals surface area contributed by atoms with Gasteiger partial charge in [0, 0.05) is 0 Å². The number of rotatable bonds is 5. The summed E-state index contributed by atoms with van der Waals surface area (Å²) in [4.78, 5) is 10.4. The van der Waals surface area contributed by atoms with Crippen LogP contribution in [0.15, 0.2) is 12.2 Å². The number of hydrogen-bond donors (Lipinski definition) is 1. The molecule has 0 saturated carbocycles. The maximum absolute atomic E-state index is 10.4. The standard InChI is InChI=1S/C9H16O.H3N.Ni/c1-3-4-5-6-7-8-9(2)10;;/h7-8H,3-6H2,1-2H3;1H3;/q;;+2. The molecule has 0 aromatic carbocycles. The zero-order chi connectivity index (χ0) is 7.82. The second-order valence-electron chi connectivity index (χ2n) is 2.51. The van der Waals surface area contributed by atoms with Crippen LogP contribution in [0.2, 0.25) is 0 Å². The van der Waals surface area contributed by atoms with Crippen molar-refractivity contribution >= 4 is 5.78 Å². The van der Waals surface area contributed by atoms with Gasteiger partial charge < -0.3 is 6.15 Å². The summed E-state index contributed by atoms with van der Waals surface area (Å²) in [5.41, 5.74) is 0. The molecule has 0 aromatic heterocycles. The molecule has 0 fully saturated rings. The molecule has 3 N–H and O–H groups in total. The first kappa shape index (κ1) is 17.8. The van der Waals surface area contributed by atoms with Crippen LogP contribution in [0, 0.1) is 0 Å². The first-order valence-corrected chi connectivity index (χ1v) is 3.94. The van der Waals surface area contributed by atoms with Crippen molar-refractivity contribution in [2.45, 2.75) is 39.5 Å². The van der Waals surface area contributed by atoms with E-state index in [9.17, 15) is 4.79 Å². The molecule has 0 aromatic rings. The number of carbonyl (C=O) groups is 1. The Bertz CT molecular complexity index is 124. The zero-order valence-electron chi connectivity index (χ0n) is 7.91. The van der Waals surface area contributed by atoms with Gasteiger partial charge in [-0.1, -0.05) is 25.8 Å². The van der Waals surface area contributed by atoms with E-state index in [0.29, 0.717) is 0 Å². The molecule has 0 saturated heterocycles. The third-order valence-corrected chi connectivity index (χ3v) is 1.33. The molecule has 0 amide bonds. The van der Waals surface area contributed by atoms with Gasteiger partial charge in [0.15, 0.2) is 5.78 Å². The quantitative estimate of drug-likeness (QED) is 0.436. The molecule has 0 atom stereocenters. The van der Waals surface area contributed by atoms with Crippen LogP contribution in [-0.2, 0) is 21.3 Å². The number of ketones is 1. The van der Waals surface area contributed by atoms with Crippen molar-refractivity contribution < 1.29 is 21.3 Å². The maximum atomic E-state index is 10.4. The van der Waals surface area contributed by atoms with Crippen LogP contribution in [0.4, 0.5) is 0 Å². The molecule has 0 aliphatic carbocycles. The van der Waals surface area contributed by atoms with E-state index in [4.69, 9.17) is 0 Å². The van der Waals surface area contributed by atoms with Gasteiger partial charge in [-0.05, 0) is 25.8 Å². The summed E-state index contributed by atoms with van der Waals surface area (Å²) in [6.07, 6.45) is 8.37. The van der Waals surface area contributed by atoms with Crippen LogP contribution in [0.1, 0.15) is 39.5 Å². The Morgan fingerprint density at radius 1 is 1.33 bits per heavy atom. The molecule has 74 valence electrons. The Labute approximate surface area is 85.3 Å². The topological polar surface area (TPSA) is 52.1 Å². The Morgan fingerprint density at radius 3 is 2.33 bits per heavy atom. The minimum atomic E-state index is 0. The zero-order valence-corrected chi connectivity index (χ0v) is 8.90. The molecular weight excluding hydrogens is 197 g/mol. The largest absolute Gasteiger partial charge is 2.00 e. The fourth-order valence-corrected chi connectivity index (χ4v) is 0.761. The number of carbonyl (C=O) groups excluding carboxylic acids is 1. The van der Waals surface area contributed by atoms with Crippen LogP contribution in [0.3, 0.4) is 0 Å². The molecule has 12 heavy (non-hydrogen) atoms. The van der Waals surface area contributed by atoms with Gasteiger partial charge in [-0.25, -0.2) is 0 Å². The second kappa shape index (κ2) is 13.5. The summed E-state index contributed by atoms with van der Waals surface area (Å²) in [5.74, 6) is 0.150. The molecule has 0 radical (unpaired) electrons. The van der Waals surface area contributed by atoms with Crippen LogP contribution in [-0.4, -0.2) is 5.78 Å². The maximum Gasteiger partial charge on any atom is 2.00 e. The van der Waals surface area contributed by atoms with E-state index < -0.39 is 0 Å². The molecule has 0 bridgehead atoms. The molecule has 0 rings (SSSR count). The van der Waals surface area contributed by atoms with E-state index in [1.165, 1.54) is 19.3 Å². The third-order valence-electron chi connectivity index (χ3n) is 1.33. The molecule has 0 spiro atoms. The van der Waals surface area contributed by atoms with E-state index >= 15 is 0 Å². The van der Waals surface area contributed by atoms with Crippen LogP contribution in [0.25, 0.3) is 0 Å². The number of allylic oxidation sites excluding steroid dienone is 2. The molecule has 0 aliphatic rings. The normalized spacial score (nSPS) is 8.83. The Morgan fingerprint density at radius 2 is 1.92 bits per heavy atom. The van der Waals surface area contributed by atoms with Gasteiger partial charge in [0.05, 0.1) is 0 Å². The summed E-state index contributed by atoms with van der Waals surface area (Å²) in [7, 11) is 0. The minimum Gasteiger partial charge on any atom is -0.344 e. The van der Waals surface area contributed by atoms with E-state index in [0.717, 1.165) is 6.42 Å². The summed E-state index contributed by atoms with van der Waals surface area (Å²) >= 11 is 0. The first-order chi connectivity index (χ1) is 4.77. The molecular formula is C9H19NNiO+2. The minimum absolute atomic E-state index is 0. The molecule has 0 unspecified atom stereocenters. The van der Waals surface area contributed by atoms with E-state index in [1.54, 1.807) is 13.0 Å². The molecule has 0 aliphatic heterocycles. The predicted molar refractivity (Wildman–Crippen MR) is 49.0 cm³/mol. The SMILES string of the molecule is CCCCCC=CC(C)=O.N.[Ni+2]. The van der Waals surface area contributed by atoms with Gasteiger partial charge in [0.25, 0.3) is 0 Å². The second-order valence-corrected chi connectivity index (χ2v) is 2.51. The Balaban J connectivity index is -0.000000405. The van der Waals surface area contributed by atoms with Crippen molar-refractivity contribution in [3.63, 3.8) is 0 Å². The van der Waals surface area contributed by atoms with Crippen molar-refractivity contribution in [1.82, 2.24) is 6.15 Å². The summed E-state index contributed by atoms with van der Waals surface area (Å²) in [6.45, 7) is 3.75. The van der Waals surface area contributed by atoms with Gasteiger partial charge in [0.1, 0.15) is 0 Å². The molecule has 0 heterocycles. The van der Waals surface area contributed by atoms with Crippen molar-refractivity contribution in [3.05, 3.63) is 12.2 Å². The van der Waals surface area contributed by atoms with Gasteiger partial charge in [-0.3, -0.25) is 4.79 Å². The third kappa shape index (κ3) is 16.4. The predicted octanol–water partition coefficient (Wildman–Crippen LogP) is 2.87. The fourth-order valence-electron chi connectivity index (χ4n) is 0.761. The monoisotopic (exact) mass is 215 g/mol. The van der Waals surface area contributed by atoms with Crippen molar-refractivity contribution in [2.24, 2.45) is 0 Å². The van der Waals surface area contributed by atoms with Crippen molar-refractivity contribution in [3.8, 4) is 0 Å². The van der Waals surface area contributed by atoms with E-state index in [1.807, 2.05) is 6.08 Å². The number of hydrogen-bond acceptors (Lipinski definition) is 2. The van der Waals surface area contributed by atoms with Gasteiger partial charge >= 0.3 is 16.5 Å². The van der Waals surface area contributed by atoms with E-state index in [-0.39, 0.29) is 28.4 Å². The van der Waals surface area contributed by atoms with Crippen molar-refractivity contribution in [1.29, 1.82) is 0 Å². The average Bonchev–Trinajstić information content (AvgIpc) is 1.87. The van der Waals surface area contributed by atoms with Gasteiger partial charge in [0.2, 0.25) is 0 Å². The average molecular weight is 216 g/mol. The smallest absolute Gasteiger partial charge is 0.344 e. The summed E-state index contributed by atoms with van der Waals surface area (Å²) in [6, 6.07) is 0. The fraction of sp³-hybridized carbons (Fsp3) is 0.667. The van der Waals surface area contributed by atoms with Crippen LogP contribution >= 0.6 is 0 Å². The Hall–Kier alpha value is -0.136. The van der Waals surface area contributed by atoms with Crippen molar-refractivity contribution in [2.75, 3.05) is 0 Å². The van der Waals surface area contributed by atoms with Crippen LogP contribution in [0.5, 0.6) is 0 Å². The number of unbranched alkanes of at least 4 members (excludes halogenated alkanes) is 3. The summed E-state index contributed by atoms with van der Waals surface area (Å²) in [5, 5.41) is 0. The first-order valence-electron chi connectivity index (χ1n) is 3.94. The van der Waals surface area contributed by atoms with E-state index in [2.05, 4.69) is 6.92 Å². The van der Waals surface area contributed by atoms with Gasteiger partial charge in [-0.2, -0.15) is 0 Å². The Kier molecular flexibility index (Phi) is 20.0.